The summed E-state index contributed by atoms with van der Waals surface area (Å²) in [5.74, 6) is 0. The Morgan fingerprint density at radius 1 is 1.33 bits per heavy atom. The number of nitrogens with zero attached hydrogens (tertiary/aromatic N) is 1. The monoisotopic (exact) mass is 127 g/mol. The molecule has 0 aromatic carbocycles. The normalized spacial score (nSPS) is 36.3. The minimum absolute atomic E-state index is 0.861. The first kappa shape index (κ1) is 7.07. The molecule has 0 bridgehead atoms. The molecule has 1 saturated heterocycles. The molecule has 0 spiro atoms. The third kappa shape index (κ3) is 1.26. The zero-order valence-electron chi connectivity index (χ0n) is 6.72. The van der Waals surface area contributed by atoms with E-state index in [1.165, 1.54) is 19.4 Å². The van der Waals surface area contributed by atoms with Gasteiger partial charge in [0.05, 0.1) is 0 Å². The smallest absolute Gasteiger partial charge is 0.00845 e. The zero-order valence-corrected chi connectivity index (χ0v) is 6.72. The maximum absolute atomic E-state index is 2.57. The fourth-order valence-electron chi connectivity index (χ4n) is 1.76. The molecular weight excluding hydrogens is 110 g/mol. The van der Waals surface area contributed by atoms with Crippen molar-refractivity contribution in [1.82, 2.24) is 4.90 Å². The Morgan fingerprint density at radius 2 is 1.89 bits per heavy atom. The molecule has 0 aliphatic carbocycles. The Kier molecular flexibility index (Phi) is 2.12. The van der Waals surface area contributed by atoms with Gasteiger partial charge in [-0.2, -0.15) is 0 Å². The van der Waals surface area contributed by atoms with Crippen LogP contribution in [-0.2, 0) is 0 Å². The minimum Gasteiger partial charge on any atom is -0.298 e. The molecule has 9 heavy (non-hydrogen) atoms. The molecule has 1 aliphatic rings. The zero-order chi connectivity index (χ0) is 6.85. The topological polar surface area (TPSA) is 3.24 Å². The summed E-state index contributed by atoms with van der Waals surface area (Å²) < 4.78 is 0. The number of rotatable bonds is 2. The lowest BCUT2D eigenvalue weighted by Crippen LogP contribution is -2.52. The van der Waals surface area contributed by atoms with Crippen LogP contribution >= 0.6 is 0 Å². The van der Waals surface area contributed by atoms with Gasteiger partial charge in [0, 0.05) is 12.1 Å². The number of hydrogen-bond acceptors (Lipinski definition) is 1. The lowest BCUT2D eigenvalue weighted by molar-refractivity contribution is 0.0384. The highest BCUT2D eigenvalue weighted by Gasteiger charge is 2.29. The van der Waals surface area contributed by atoms with Gasteiger partial charge in [-0.25, -0.2) is 0 Å². The highest BCUT2D eigenvalue weighted by atomic mass is 15.2. The van der Waals surface area contributed by atoms with Gasteiger partial charge in [0.2, 0.25) is 0 Å². The fraction of sp³-hybridized carbons (Fsp3) is 1.00. The van der Waals surface area contributed by atoms with Crippen molar-refractivity contribution in [1.29, 1.82) is 0 Å². The Bertz CT molecular complexity index is 82.6. The molecule has 1 heterocycles. The summed E-state index contributed by atoms with van der Waals surface area (Å²) in [6.07, 6.45) is 2.70. The molecule has 0 amide bonds. The summed E-state index contributed by atoms with van der Waals surface area (Å²) in [5, 5.41) is 0. The second-order valence-electron chi connectivity index (χ2n) is 3.17. The van der Waals surface area contributed by atoms with Crippen molar-refractivity contribution >= 4 is 0 Å². The van der Waals surface area contributed by atoms with Crippen LogP contribution in [0.15, 0.2) is 0 Å². The largest absolute Gasteiger partial charge is 0.298 e. The molecule has 0 saturated carbocycles. The Hall–Kier alpha value is -0.0400. The lowest BCUT2D eigenvalue weighted by atomic mass is 9.96. The van der Waals surface area contributed by atoms with E-state index in [9.17, 15) is 0 Å². The molecule has 1 nitrogen and oxygen atoms in total. The van der Waals surface area contributed by atoms with Gasteiger partial charge in [-0.05, 0) is 33.2 Å². The van der Waals surface area contributed by atoms with Gasteiger partial charge in [-0.3, -0.25) is 4.90 Å². The first-order valence-corrected chi connectivity index (χ1v) is 4.01. The van der Waals surface area contributed by atoms with Gasteiger partial charge < -0.3 is 0 Å². The summed E-state index contributed by atoms with van der Waals surface area (Å²) in [7, 11) is 0. The van der Waals surface area contributed by atoms with Gasteiger partial charge in [-0.15, -0.1) is 0 Å². The molecule has 1 fully saturated rings. The number of hydrogen-bond donors (Lipinski definition) is 0. The predicted molar refractivity (Wildman–Crippen MR) is 40.5 cm³/mol. The van der Waals surface area contributed by atoms with Gasteiger partial charge in [0.1, 0.15) is 0 Å². The van der Waals surface area contributed by atoms with Crippen molar-refractivity contribution in [2.75, 3.05) is 6.54 Å². The average molecular weight is 127 g/mol. The van der Waals surface area contributed by atoms with Crippen LogP contribution in [0.3, 0.4) is 0 Å². The van der Waals surface area contributed by atoms with E-state index in [0.717, 1.165) is 12.1 Å². The van der Waals surface area contributed by atoms with E-state index >= 15 is 0 Å². The van der Waals surface area contributed by atoms with E-state index in [4.69, 9.17) is 0 Å². The maximum atomic E-state index is 2.57. The average Bonchev–Trinajstić information content (AvgIpc) is 1.84. The van der Waals surface area contributed by atoms with Crippen LogP contribution in [0.2, 0.25) is 0 Å². The SMILES string of the molecule is CCCN1C(C)CC1C. The maximum Gasteiger partial charge on any atom is 0.00845 e. The fourth-order valence-corrected chi connectivity index (χ4v) is 1.76. The van der Waals surface area contributed by atoms with Gasteiger partial charge >= 0.3 is 0 Å². The molecule has 2 atom stereocenters. The van der Waals surface area contributed by atoms with Crippen molar-refractivity contribution in [3.8, 4) is 0 Å². The van der Waals surface area contributed by atoms with Crippen molar-refractivity contribution in [2.24, 2.45) is 0 Å². The Balaban J connectivity index is 2.22. The van der Waals surface area contributed by atoms with Gasteiger partial charge in [0.25, 0.3) is 0 Å². The van der Waals surface area contributed by atoms with E-state index in [1.54, 1.807) is 0 Å². The summed E-state index contributed by atoms with van der Waals surface area (Å²) in [4.78, 5) is 2.57. The molecular formula is C8H17N. The standard InChI is InChI=1S/C8H17N/c1-4-5-9-7(2)6-8(9)3/h7-8H,4-6H2,1-3H3. The molecule has 1 aliphatic heterocycles. The molecule has 0 N–H and O–H groups in total. The lowest BCUT2D eigenvalue weighted by Gasteiger charge is -2.45. The molecule has 1 heteroatoms. The van der Waals surface area contributed by atoms with E-state index in [0.29, 0.717) is 0 Å². The number of likely N-dealkylation sites (tertiary alicyclic amines) is 1. The van der Waals surface area contributed by atoms with Crippen LogP contribution in [-0.4, -0.2) is 23.5 Å². The highest BCUT2D eigenvalue weighted by Crippen LogP contribution is 2.24. The third-order valence-corrected chi connectivity index (χ3v) is 2.30. The molecule has 0 aromatic heterocycles. The van der Waals surface area contributed by atoms with Gasteiger partial charge in [0.15, 0.2) is 0 Å². The first-order chi connectivity index (χ1) is 4.25. The van der Waals surface area contributed by atoms with E-state index < -0.39 is 0 Å². The Labute approximate surface area is 58.0 Å². The van der Waals surface area contributed by atoms with Crippen molar-refractivity contribution < 1.29 is 0 Å². The van der Waals surface area contributed by atoms with E-state index in [2.05, 4.69) is 25.7 Å². The van der Waals surface area contributed by atoms with Crippen LogP contribution in [0.4, 0.5) is 0 Å². The Morgan fingerprint density at radius 3 is 2.11 bits per heavy atom. The van der Waals surface area contributed by atoms with E-state index in [1.807, 2.05) is 0 Å². The highest BCUT2D eigenvalue weighted by molar-refractivity contribution is 4.85. The van der Waals surface area contributed by atoms with Gasteiger partial charge in [-0.1, -0.05) is 6.92 Å². The van der Waals surface area contributed by atoms with Crippen LogP contribution in [0.5, 0.6) is 0 Å². The first-order valence-electron chi connectivity index (χ1n) is 4.01. The second-order valence-corrected chi connectivity index (χ2v) is 3.17. The van der Waals surface area contributed by atoms with Crippen LogP contribution in [0, 0.1) is 0 Å². The van der Waals surface area contributed by atoms with Crippen molar-refractivity contribution in [3.63, 3.8) is 0 Å². The van der Waals surface area contributed by atoms with Crippen LogP contribution in [0.1, 0.15) is 33.6 Å². The summed E-state index contributed by atoms with van der Waals surface area (Å²) in [6, 6.07) is 1.72. The minimum atomic E-state index is 0.861. The molecule has 0 aromatic rings. The quantitative estimate of drug-likeness (QED) is 0.547. The van der Waals surface area contributed by atoms with E-state index in [-0.39, 0.29) is 0 Å². The molecule has 54 valence electrons. The molecule has 1 rings (SSSR count). The molecule has 0 radical (unpaired) electrons. The second kappa shape index (κ2) is 2.70. The summed E-state index contributed by atoms with van der Waals surface area (Å²) in [5.41, 5.74) is 0. The van der Waals surface area contributed by atoms with Crippen LogP contribution < -0.4 is 0 Å². The predicted octanol–water partition coefficient (Wildman–Crippen LogP) is 1.88. The summed E-state index contributed by atoms with van der Waals surface area (Å²) in [6.45, 7) is 8.17. The third-order valence-electron chi connectivity index (χ3n) is 2.30. The summed E-state index contributed by atoms with van der Waals surface area (Å²) >= 11 is 0. The molecule has 2 unspecified atom stereocenters. The van der Waals surface area contributed by atoms with Crippen molar-refractivity contribution in [2.45, 2.75) is 45.7 Å². The van der Waals surface area contributed by atoms with Crippen molar-refractivity contribution in [3.05, 3.63) is 0 Å². The van der Waals surface area contributed by atoms with Crippen LogP contribution in [0.25, 0.3) is 0 Å².